The lowest BCUT2D eigenvalue weighted by atomic mass is 9.98. The summed E-state index contributed by atoms with van der Waals surface area (Å²) in [5.74, 6) is 1.90. The first-order chi connectivity index (χ1) is 29.7. The molecule has 8 aromatic carbocycles. The van der Waals surface area contributed by atoms with Crippen molar-refractivity contribution in [1.29, 1.82) is 0 Å². The van der Waals surface area contributed by atoms with Gasteiger partial charge in [0.15, 0.2) is 17.5 Å². The summed E-state index contributed by atoms with van der Waals surface area (Å²) in [5.41, 5.74) is 13.7. The standard InChI is InChI=1S/C55H40N4O/c1-2-3-16-36-29-32-51-48(33-36)46-27-15-26-43(52(46)60-51)40-30-31-45-44-24-12-13-28-49(44)59(50(45)35-40)41-22-14-21-39(34-41)42-23-10-11-25-47(42)55-57-53(37-17-6-4-7-18-37)56-54(58-55)38-19-8-5-9-20-38/h4-15,17-35H,2-3,16H2,1H3. The second kappa shape index (κ2) is 14.9. The van der Waals surface area contributed by atoms with E-state index in [4.69, 9.17) is 19.4 Å². The highest BCUT2D eigenvalue weighted by Crippen LogP contribution is 2.41. The monoisotopic (exact) mass is 772 g/mol. The highest BCUT2D eigenvalue weighted by Gasteiger charge is 2.19. The van der Waals surface area contributed by atoms with E-state index in [0.717, 1.165) is 78.6 Å². The van der Waals surface area contributed by atoms with Gasteiger partial charge in [-0.25, -0.2) is 15.0 Å². The van der Waals surface area contributed by atoms with Crippen LogP contribution in [0.3, 0.4) is 0 Å². The molecular formula is C55H40N4O. The molecule has 0 atom stereocenters. The van der Waals surface area contributed by atoms with Crippen LogP contribution in [0.2, 0.25) is 0 Å². The fraction of sp³-hybridized carbons (Fsp3) is 0.0727. The molecule has 0 unspecified atom stereocenters. The van der Waals surface area contributed by atoms with Crippen molar-refractivity contribution in [2.75, 3.05) is 0 Å². The summed E-state index contributed by atoms with van der Waals surface area (Å²) in [6.45, 7) is 2.24. The third-order valence-corrected chi connectivity index (χ3v) is 11.6. The summed E-state index contributed by atoms with van der Waals surface area (Å²) in [6.07, 6.45) is 3.44. The second-order valence-corrected chi connectivity index (χ2v) is 15.4. The normalized spacial score (nSPS) is 11.6. The molecule has 286 valence electrons. The Morgan fingerprint density at radius 3 is 1.83 bits per heavy atom. The van der Waals surface area contributed by atoms with Gasteiger partial charge >= 0.3 is 0 Å². The van der Waals surface area contributed by atoms with Crippen molar-refractivity contribution in [1.82, 2.24) is 19.5 Å². The van der Waals surface area contributed by atoms with Crippen LogP contribution in [0.1, 0.15) is 25.3 Å². The molecule has 11 aromatic rings. The summed E-state index contributed by atoms with van der Waals surface area (Å²) < 4.78 is 9.03. The number of nitrogens with zero attached hydrogens (tertiary/aromatic N) is 4. The molecule has 3 aromatic heterocycles. The van der Waals surface area contributed by atoms with Crippen molar-refractivity contribution in [2.45, 2.75) is 26.2 Å². The SMILES string of the molecule is CCCCc1ccc2oc3c(-c4ccc5c6ccccc6n(-c6cccc(-c7ccccc7-c7nc(-c8ccccc8)nc(-c8ccccc8)n7)c6)c5c4)cccc3c2c1. The molecule has 11 rings (SSSR count). The smallest absolute Gasteiger partial charge is 0.164 e. The van der Waals surface area contributed by atoms with Crippen LogP contribution in [0.4, 0.5) is 0 Å². The van der Waals surface area contributed by atoms with Gasteiger partial charge in [-0.05, 0) is 71.5 Å². The number of fused-ring (bicyclic) bond motifs is 6. The van der Waals surface area contributed by atoms with Gasteiger partial charge in [0.25, 0.3) is 0 Å². The molecular weight excluding hydrogens is 733 g/mol. The topological polar surface area (TPSA) is 56.7 Å². The maximum Gasteiger partial charge on any atom is 0.164 e. The Balaban J connectivity index is 1.05. The van der Waals surface area contributed by atoms with E-state index in [9.17, 15) is 0 Å². The molecule has 0 saturated heterocycles. The molecule has 0 aliphatic heterocycles. The summed E-state index contributed by atoms with van der Waals surface area (Å²) in [4.78, 5) is 15.1. The maximum absolute atomic E-state index is 6.64. The van der Waals surface area contributed by atoms with Crippen LogP contribution >= 0.6 is 0 Å². The van der Waals surface area contributed by atoms with Gasteiger partial charge in [-0.3, -0.25) is 0 Å². The summed E-state index contributed by atoms with van der Waals surface area (Å²) in [6, 6.07) is 66.2. The molecule has 0 amide bonds. The number of benzene rings is 8. The second-order valence-electron chi connectivity index (χ2n) is 15.4. The first-order valence-corrected chi connectivity index (χ1v) is 20.7. The molecule has 0 saturated carbocycles. The zero-order chi connectivity index (χ0) is 40.0. The van der Waals surface area contributed by atoms with Crippen molar-refractivity contribution < 1.29 is 4.42 Å². The Morgan fingerprint density at radius 1 is 0.433 bits per heavy atom. The zero-order valence-electron chi connectivity index (χ0n) is 33.2. The predicted octanol–water partition coefficient (Wildman–Crippen LogP) is 14.5. The number of aryl methyl sites for hydroxylation is 1. The molecule has 5 nitrogen and oxygen atoms in total. The predicted molar refractivity (Wildman–Crippen MR) is 247 cm³/mol. The van der Waals surface area contributed by atoms with Gasteiger partial charge in [0.05, 0.1) is 11.0 Å². The average molecular weight is 773 g/mol. The summed E-state index contributed by atoms with van der Waals surface area (Å²) in [5, 5.41) is 4.73. The summed E-state index contributed by atoms with van der Waals surface area (Å²) >= 11 is 0. The molecule has 0 N–H and O–H groups in total. The van der Waals surface area contributed by atoms with Crippen LogP contribution in [0.5, 0.6) is 0 Å². The summed E-state index contributed by atoms with van der Waals surface area (Å²) in [7, 11) is 0. The highest BCUT2D eigenvalue weighted by atomic mass is 16.3. The Morgan fingerprint density at radius 2 is 1.05 bits per heavy atom. The number of hydrogen-bond donors (Lipinski definition) is 0. The van der Waals surface area contributed by atoms with Crippen LogP contribution in [0, 0.1) is 0 Å². The van der Waals surface area contributed by atoms with E-state index >= 15 is 0 Å². The van der Waals surface area contributed by atoms with Crippen LogP contribution in [-0.2, 0) is 6.42 Å². The zero-order valence-corrected chi connectivity index (χ0v) is 33.2. The molecule has 60 heavy (non-hydrogen) atoms. The number of unbranched alkanes of at least 4 members (excludes halogenated alkanes) is 1. The average Bonchev–Trinajstić information content (AvgIpc) is 3.86. The minimum absolute atomic E-state index is 0.627. The van der Waals surface area contributed by atoms with Crippen LogP contribution in [0.15, 0.2) is 192 Å². The van der Waals surface area contributed by atoms with Crippen molar-refractivity contribution in [3.05, 3.63) is 194 Å². The van der Waals surface area contributed by atoms with E-state index in [1.807, 2.05) is 60.7 Å². The van der Waals surface area contributed by atoms with E-state index in [0.29, 0.717) is 17.5 Å². The molecule has 0 aliphatic carbocycles. The highest BCUT2D eigenvalue weighted by molar-refractivity contribution is 6.13. The third-order valence-electron chi connectivity index (χ3n) is 11.6. The number of furan rings is 1. The Kier molecular flexibility index (Phi) is 8.85. The van der Waals surface area contributed by atoms with Crippen molar-refractivity contribution >= 4 is 43.7 Å². The Bertz CT molecular complexity index is 3310. The van der Waals surface area contributed by atoms with Crippen LogP contribution in [0.25, 0.3) is 106 Å². The minimum atomic E-state index is 0.627. The molecule has 0 spiro atoms. The van der Waals surface area contributed by atoms with E-state index in [2.05, 4.69) is 139 Å². The Labute approximate surface area is 348 Å². The van der Waals surface area contributed by atoms with E-state index < -0.39 is 0 Å². The Hall–Kier alpha value is -7.63. The van der Waals surface area contributed by atoms with Crippen LogP contribution < -0.4 is 0 Å². The van der Waals surface area contributed by atoms with Crippen LogP contribution in [-0.4, -0.2) is 19.5 Å². The molecule has 5 heteroatoms. The largest absolute Gasteiger partial charge is 0.455 e. The van der Waals surface area contributed by atoms with Crippen molar-refractivity contribution in [3.63, 3.8) is 0 Å². The van der Waals surface area contributed by atoms with E-state index in [1.54, 1.807) is 0 Å². The fourth-order valence-electron chi connectivity index (χ4n) is 8.70. The van der Waals surface area contributed by atoms with Gasteiger partial charge in [-0.15, -0.1) is 0 Å². The first-order valence-electron chi connectivity index (χ1n) is 20.7. The number of hydrogen-bond acceptors (Lipinski definition) is 4. The lowest BCUT2D eigenvalue weighted by Gasteiger charge is -2.14. The molecule has 0 fully saturated rings. The van der Waals surface area contributed by atoms with Gasteiger partial charge in [0.1, 0.15) is 11.2 Å². The van der Waals surface area contributed by atoms with Crippen molar-refractivity contribution in [3.8, 4) is 62.1 Å². The van der Waals surface area contributed by atoms with Gasteiger partial charge < -0.3 is 8.98 Å². The van der Waals surface area contributed by atoms with Crippen molar-refractivity contribution in [2.24, 2.45) is 0 Å². The molecule has 0 bridgehead atoms. The third kappa shape index (κ3) is 6.23. The van der Waals surface area contributed by atoms with Gasteiger partial charge in [0, 0.05) is 49.5 Å². The number of para-hydroxylation sites is 2. The number of aromatic nitrogens is 4. The minimum Gasteiger partial charge on any atom is -0.455 e. The van der Waals surface area contributed by atoms with E-state index in [1.165, 1.54) is 34.6 Å². The van der Waals surface area contributed by atoms with E-state index in [-0.39, 0.29) is 0 Å². The molecule has 0 radical (unpaired) electrons. The van der Waals surface area contributed by atoms with Gasteiger partial charge in [0.2, 0.25) is 0 Å². The number of rotatable bonds is 9. The fourth-order valence-corrected chi connectivity index (χ4v) is 8.70. The lowest BCUT2D eigenvalue weighted by Crippen LogP contribution is -2.01. The molecule has 3 heterocycles. The van der Waals surface area contributed by atoms with Gasteiger partial charge in [-0.1, -0.05) is 165 Å². The quantitative estimate of drug-likeness (QED) is 0.147. The lowest BCUT2D eigenvalue weighted by molar-refractivity contribution is 0.669. The maximum atomic E-state index is 6.64. The molecule has 0 aliphatic rings. The van der Waals surface area contributed by atoms with Gasteiger partial charge in [-0.2, -0.15) is 0 Å². The first kappa shape index (κ1) is 35.5.